The van der Waals surface area contributed by atoms with E-state index in [0.717, 1.165) is 25.9 Å². The SMILES string of the molecule is C=CCN(CC=C)C(N)(CC=C)CC=C. The summed E-state index contributed by atoms with van der Waals surface area (Å²) in [6, 6.07) is 0. The Morgan fingerprint density at radius 2 is 1.27 bits per heavy atom. The summed E-state index contributed by atoms with van der Waals surface area (Å²) < 4.78 is 0. The first-order valence-corrected chi connectivity index (χ1v) is 5.12. The van der Waals surface area contributed by atoms with Gasteiger partial charge in [-0.2, -0.15) is 0 Å². The van der Waals surface area contributed by atoms with Gasteiger partial charge in [0.1, 0.15) is 0 Å². The zero-order chi connectivity index (χ0) is 11.7. The first kappa shape index (κ1) is 13.9. The van der Waals surface area contributed by atoms with E-state index in [9.17, 15) is 0 Å². The Hall–Kier alpha value is -1.12. The molecule has 0 unspecified atom stereocenters. The highest BCUT2D eigenvalue weighted by Crippen LogP contribution is 2.19. The third kappa shape index (κ3) is 4.28. The molecule has 15 heavy (non-hydrogen) atoms. The predicted octanol–water partition coefficient (Wildman–Crippen LogP) is 2.47. The normalized spacial score (nSPS) is 11.1. The van der Waals surface area contributed by atoms with E-state index in [1.54, 1.807) is 0 Å². The van der Waals surface area contributed by atoms with Gasteiger partial charge in [0, 0.05) is 13.1 Å². The second-order valence-electron chi connectivity index (χ2n) is 3.57. The Bertz CT molecular complexity index is 211. The molecule has 0 fully saturated rings. The molecule has 0 radical (unpaired) electrons. The monoisotopic (exact) mass is 206 g/mol. The molecular formula is C13H22N2. The minimum atomic E-state index is -0.425. The van der Waals surface area contributed by atoms with E-state index in [1.807, 2.05) is 24.3 Å². The highest BCUT2D eigenvalue weighted by Gasteiger charge is 2.28. The third-order valence-electron chi connectivity index (χ3n) is 2.32. The van der Waals surface area contributed by atoms with Gasteiger partial charge in [-0.1, -0.05) is 24.3 Å². The van der Waals surface area contributed by atoms with E-state index in [0.29, 0.717) is 0 Å². The van der Waals surface area contributed by atoms with Gasteiger partial charge in [-0.25, -0.2) is 0 Å². The Morgan fingerprint density at radius 1 is 0.867 bits per heavy atom. The van der Waals surface area contributed by atoms with Crippen LogP contribution in [0.1, 0.15) is 12.8 Å². The van der Waals surface area contributed by atoms with Crippen LogP contribution in [0.4, 0.5) is 0 Å². The van der Waals surface area contributed by atoms with Gasteiger partial charge >= 0.3 is 0 Å². The molecule has 0 aliphatic carbocycles. The minimum Gasteiger partial charge on any atom is -0.313 e. The van der Waals surface area contributed by atoms with Crippen LogP contribution in [0.15, 0.2) is 50.6 Å². The molecule has 0 aromatic carbocycles. The van der Waals surface area contributed by atoms with Crippen molar-refractivity contribution in [3.05, 3.63) is 50.6 Å². The van der Waals surface area contributed by atoms with Gasteiger partial charge in [-0.3, -0.25) is 4.90 Å². The lowest BCUT2D eigenvalue weighted by Gasteiger charge is -2.39. The molecule has 0 amide bonds. The summed E-state index contributed by atoms with van der Waals surface area (Å²) in [6.45, 7) is 16.4. The van der Waals surface area contributed by atoms with Gasteiger partial charge in [0.05, 0.1) is 5.66 Å². The lowest BCUT2D eigenvalue weighted by Crippen LogP contribution is -2.55. The largest absolute Gasteiger partial charge is 0.313 e. The number of nitrogens with two attached hydrogens (primary N) is 1. The van der Waals surface area contributed by atoms with E-state index in [2.05, 4.69) is 31.2 Å². The molecule has 0 aliphatic rings. The van der Waals surface area contributed by atoms with E-state index in [4.69, 9.17) is 5.73 Å². The molecule has 2 heteroatoms. The Labute approximate surface area is 93.5 Å². The molecule has 0 aromatic rings. The molecule has 0 aliphatic heterocycles. The summed E-state index contributed by atoms with van der Waals surface area (Å²) in [4.78, 5) is 2.12. The molecule has 0 heterocycles. The summed E-state index contributed by atoms with van der Waals surface area (Å²) in [5.74, 6) is 0. The van der Waals surface area contributed by atoms with Crippen LogP contribution in [-0.2, 0) is 0 Å². The smallest absolute Gasteiger partial charge is 0.0763 e. The van der Waals surface area contributed by atoms with Crippen molar-refractivity contribution in [3.8, 4) is 0 Å². The Kier molecular flexibility index (Phi) is 6.67. The predicted molar refractivity (Wildman–Crippen MR) is 68.5 cm³/mol. The molecule has 0 saturated carbocycles. The van der Waals surface area contributed by atoms with E-state index < -0.39 is 5.66 Å². The number of hydrogen-bond donors (Lipinski definition) is 1. The van der Waals surface area contributed by atoms with Crippen LogP contribution in [0.3, 0.4) is 0 Å². The fourth-order valence-corrected chi connectivity index (χ4v) is 1.59. The highest BCUT2D eigenvalue weighted by atomic mass is 15.3. The number of nitrogens with zero attached hydrogens (tertiary/aromatic N) is 1. The van der Waals surface area contributed by atoms with Crippen LogP contribution in [0.25, 0.3) is 0 Å². The Balaban J connectivity index is 4.76. The molecular weight excluding hydrogens is 184 g/mol. The van der Waals surface area contributed by atoms with Crippen molar-refractivity contribution in [1.82, 2.24) is 4.90 Å². The van der Waals surface area contributed by atoms with Crippen LogP contribution >= 0.6 is 0 Å². The van der Waals surface area contributed by atoms with Crippen LogP contribution in [-0.4, -0.2) is 23.7 Å². The molecule has 0 spiro atoms. The fraction of sp³-hybridized carbons (Fsp3) is 0.385. The lowest BCUT2D eigenvalue weighted by atomic mass is 10.00. The zero-order valence-electron chi connectivity index (χ0n) is 9.49. The average Bonchev–Trinajstić information content (AvgIpc) is 2.18. The van der Waals surface area contributed by atoms with Gasteiger partial charge in [0.25, 0.3) is 0 Å². The Morgan fingerprint density at radius 3 is 1.53 bits per heavy atom. The molecule has 2 nitrogen and oxygen atoms in total. The summed E-state index contributed by atoms with van der Waals surface area (Å²) in [5.41, 5.74) is 5.90. The van der Waals surface area contributed by atoms with Crippen molar-refractivity contribution in [1.29, 1.82) is 0 Å². The molecule has 2 N–H and O–H groups in total. The van der Waals surface area contributed by atoms with E-state index in [1.165, 1.54) is 0 Å². The summed E-state index contributed by atoms with van der Waals surface area (Å²) in [6.07, 6.45) is 8.81. The van der Waals surface area contributed by atoms with Gasteiger partial charge in [-0.15, -0.1) is 26.3 Å². The van der Waals surface area contributed by atoms with E-state index in [-0.39, 0.29) is 0 Å². The zero-order valence-corrected chi connectivity index (χ0v) is 9.49. The molecule has 0 aromatic heterocycles. The van der Waals surface area contributed by atoms with Gasteiger partial charge < -0.3 is 5.73 Å². The second kappa shape index (κ2) is 7.21. The van der Waals surface area contributed by atoms with E-state index >= 15 is 0 Å². The number of rotatable bonds is 9. The van der Waals surface area contributed by atoms with Crippen molar-refractivity contribution in [2.75, 3.05) is 13.1 Å². The van der Waals surface area contributed by atoms with Crippen molar-refractivity contribution in [3.63, 3.8) is 0 Å². The molecule has 0 rings (SSSR count). The maximum Gasteiger partial charge on any atom is 0.0763 e. The first-order valence-electron chi connectivity index (χ1n) is 5.12. The quantitative estimate of drug-likeness (QED) is 0.464. The maximum absolute atomic E-state index is 6.32. The summed E-state index contributed by atoms with van der Waals surface area (Å²) in [7, 11) is 0. The van der Waals surface area contributed by atoms with Gasteiger partial charge in [-0.05, 0) is 12.8 Å². The summed E-state index contributed by atoms with van der Waals surface area (Å²) >= 11 is 0. The molecule has 0 bridgehead atoms. The van der Waals surface area contributed by atoms with Crippen molar-refractivity contribution >= 4 is 0 Å². The van der Waals surface area contributed by atoms with Crippen LogP contribution < -0.4 is 5.73 Å². The van der Waals surface area contributed by atoms with Crippen LogP contribution in [0.2, 0.25) is 0 Å². The lowest BCUT2D eigenvalue weighted by molar-refractivity contribution is 0.126. The standard InChI is InChI=1S/C13H22N2/c1-5-9-13(14,10-6-2)15(11-7-3)12-8-4/h5-8H,1-4,9-12,14H2. The van der Waals surface area contributed by atoms with Crippen molar-refractivity contribution in [2.24, 2.45) is 5.73 Å². The van der Waals surface area contributed by atoms with Crippen molar-refractivity contribution < 1.29 is 0 Å². The second-order valence-corrected chi connectivity index (χ2v) is 3.57. The van der Waals surface area contributed by atoms with Gasteiger partial charge in [0.15, 0.2) is 0 Å². The van der Waals surface area contributed by atoms with Gasteiger partial charge in [0.2, 0.25) is 0 Å². The topological polar surface area (TPSA) is 29.3 Å². The minimum absolute atomic E-state index is 0.425. The number of hydrogen-bond acceptors (Lipinski definition) is 2. The van der Waals surface area contributed by atoms with Crippen LogP contribution in [0, 0.1) is 0 Å². The molecule has 0 atom stereocenters. The third-order valence-corrected chi connectivity index (χ3v) is 2.32. The van der Waals surface area contributed by atoms with Crippen LogP contribution in [0.5, 0.6) is 0 Å². The average molecular weight is 206 g/mol. The highest BCUT2D eigenvalue weighted by molar-refractivity contribution is 4.99. The molecule has 0 saturated heterocycles. The van der Waals surface area contributed by atoms with Crippen molar-refractivity contribution in [2.45, 2.75) is 18.5 Å². The summed E-state index contributed by atoms with van der Waals surface area (Å²) in [5, 5.41) is 0. The maximum atomic E-state index is 6.32. The molecule has 84 valence electrons. The fourth-order valence-electron chi connectivity index (χ4n) is 1.59. The first-order chi connectivity index (χ1) is 7.14.